The maximum atomic E-state index is 12.5. The molecule has 3 amide bonds. The molecular formula is C16H27ClN4O2. The van der Waals surface area contributed by atoms with E-state index in [2.05, 4.69) is 10.6 Å². The molecule has 0 aliphatic heterocycles. The average molecular weight is 343 g/mol. The third-order valence-corrected chi connectivity index (χ3v) is 4.25. The number of anilines is 1. The van der Waals surface area contributed by atoms with Crippen molar-refractivity contribution in [1.29, 1.82) is 0 Å². The second kappa shape index (κ2) is 9.37. The Bertz CT molecular complexity index is 507. The summed E-state index contributed by atoms with van der Waals surface area (Å²) in [7, 11) is 0. The lowest BCUT2D eigenvalue weighted by molar-refractivity contribution is -0.131. The van der Waals surface area contributed by atoms with E-state index in [4.69, 9.17) is 11.5 Å². The molecule has 0 fully saturated rings. The molecular weight excluding hydrogens is 316 g/mol. The number of halogens is 1. The van der Waals surface area contributed by atoms with Crippen molar-refractivity contribution in [2.45, 2.75) is 39.7 Å². The molecule has 6 nitrogen and oxygen atoms in total. The van der Waals surface area contributed by atoms with E-state index in [1.54, 1.807) is 12.1 Å². The summed E-state index contributed by atoms with van der Waals surface area (Å²) in [6, 6.07) is 6.44. The lowest BCUT2D eigenvalue weighted by Crippen LogP contribution is -2.46. The summed E-state index contributed by atoms with van der Waals surface area (Å²) in [5.41, 5.74) is 11.9. The average Bonchev–Trinajstić information content (AvgIpc) is 2.49. The van der Waals surface area contributed by atoms with Crippen molar-refractivity contribution < 1.29 is 9.59 Å². The van der Waals surface area contributed by atoms with Gasteiger partial charge in [-0.25, -0.2) is 4.79 Å². The van der Waals surface area contributed by atoms with Gasteiger partial charge in [-0.2, -0.15) is 0 Å². The van der Waals surface area contributed by atoms with Crippen LogP contribution in [0.4, 0.5) is 10.5 Å². The Kier molecular flexibility index (Phi) is 8.64. The molecule has 1 aromatic rings. The second-order valence-corrected chi connectivity index (χ2v) is 5.50. The summed E-state index contributed by atoms with van der Waals surface area (Å²) in [5, 5.41) is 5.52. The molecule has 1 atom stereocenters. The Balaban J connectivity index is 0.00000484. The van der Waals surface area contributed by atoms with Crippen LogP contribution in [0, 0.1) is 5.41 Å². The second-order valence-electron chi connectivity index (χ2n) is 5.50. The number of benzene rings is 1. The summed E-state index contributed by atoms with van der Waals surface area (Å²) in [5.74, 6) is -0.0214. The van der Waals surface area contributed by atoms with E-state index >= 15 is 0 Å². The van der Waals surface area contributed by atoms with Gasteiger partial charge in [-0.15, -0.1) is 12.4 Å². The third kappa shape index (κ3) is 5.41. The van der Waals surface area contributed by atoms with Crippen molar-refractivity contribution in [3.63, 3.8) is 0 Å². The summed E-state index contributed by atoms with van der Waals surface area (Å²) in [6.07, 6.45) is 1.42. The summed E-state index contributed by atoms with van der Waals surface area (Å²) in [4.78, 5) is 23.3. The van der Waals surface area contributed by atoms with Crippen LogP contribution in [0.25, 0.3) is 0 Å². The van der Waals surface area contributed by atoms with E-state index < -0.39 is 11.4 Å². The van der Waals surface area contributed by atoms with Crippen LogP contribution < -0.4 is 22.1 Å². The molecule has 0 heterocycles. The van der Waals surface area contributed by atoms with Crippen LogP contribution in [0.2, 0.25) is 0 Å². The van der Waals surface area contributed by atoms with Crippen LogP contribution in [-0.2, 0) is 4.79 Å². The molecule has 0 aromatic heterocycles. The molecule has 7 heteroatoms. The molecule has 0 spiro atoms. The zero-order chi connectivity index (χ0) is 16.8. The lowest BCUT2D eigenvalue weighted by atomic mass is 9.81. The minimum absolute atomic E-state index is 0. The van der Waals surface area contributed by atoms with Crippen molar-refractivity contribution in [2.24, 2.45) is 16.9 Å². The lowest BCUT2D eigenvalue weighted by Gasteiger charge is -2.30. The smallest absolute Gasteiger partial charge is 0.316 e. The van der Waals surface area contributed by atoms with Crippen LogP contribution in [0.1, 0.15) is 45.2 Å². The molecule has 0 aliphatic carbocycles. The molecule has 6 N–H and O–H groups in total. The first-order chi connectivity index (χ1) is 10.4. The Morgan fingerprint density at radius 3 is 2.09 bits per heavy atom. The fourth-order valence-electron chi connectivity index (χ4n) is 2.38. The van der Waals surface area contributed by atoms with Crippen molar-refractivity contribution in [2.75, 3.05) is 11.9 Å². The van der Waals surface area contributed by atoms with Gasteiger partial charge in [0.2, 0.25) is 5.91 Å². The number of primary amides is 1. The summed E-state index contributed by atoms with van der Waals surface area (Å²) < 4.78 is 0. The first kappa shape index (κ1) is 21.2. The van der Waals surface area contributed by atoms with Crippen molar-refractivity contribution in [3.05, 3.63) is 29.8 Å². The summed E-state index contributed by atoms with van der Waals surface area (Å²) in [6.45, 7) is 6.21. The number of carbonyl (C=O) groups excluding carboxylic acids is 2. The van der Waals surface area contributed by atoms with Gasteiger partial charge in [0.15, 0.2) is 0 Å². The highest BCUT2D eigenvalue weighted by molar-refractivity contribution is 5.87. The quantitative estimate of drug-likeness (QED) is 0.611. The SMILES string of the molecule is CCC(CC)(CN)C(=O)NC(C)c1ccc(NC(N)=O)cc1.Cl. The Labute approximate surface area is 143 Å². The van der Waals surface area contributed by atoms with Gasteiger partial charge in [-0.3, -0.25) is 4.79 Å². The van der Waals surface area contributed by atoms with E-state index in [9.17, 15) is 9.59 Å². The van der Waals surface area contributed by atoms with Crippen LogP contribution in [0.3, 0.4) is 0 Å². The molecule has 23 heavy (non-hydrogen) atoms. The number of nitrogens with two attached hydrogens (primary N) is 2. The van der Waals surface area contributed by atoms with E-state index in [1.807, 2.05) is 32.9 Å². The van der Waals surface area contributed by atoms with Crippen LogP contribution in [0.5, 0.6) is 0 Å². The van der Waals surface area contributed by atoms with Crippen LogP contribution in [0.15, 0.2) is 24.3 Å². The van der Waals surface area contributed by atoms with Gasteiger partial charge in [0, 0.05) is 12.2 Å². The number of amides is 3. The number of hydrogen-bond donors (Lipinski definition) is 4. The molecule has 1 unspecified atom stereocenters. The Morgan fingerprint density at radius 1 is 1.17 bits per heavy atom. The zero-order valence-electron chi connectivity index (χ0n) is 13.9. The topological polar surface area (TPSA) is 110 Å². The minimum Gasteiger partial charge on any atom is -0.351 e. The van der Waals surface area contributed by atoms with E-state index in [0.29, 0.717) is 25.1 Å². The minimum atomic E-state index is -0.604. The highest BCUT2D eigenvalue weighted by Crippen LogP contribution is 2.26. The Morgan fingerprint density at radius 2 is 1.70 bits per heavy atom. The van der Waals surface area contributed by atoms with Gasteiger partial charge >= 0.3 is 6.03 Å². The fraction of sp³-hybridized carbons (Fsp3) is 0.500. The number of carbonyl (C=O) groups is 2. The third-order valence-electron chi connectivity index (χ3n) is 4.25. The van der Waals surface area contributed by atoms with Gasteiger partial charge in [-0.1, -0.05) is 26.0 Å². The van der Waals surface area contributed by atoms with E-state index in [1.165, 1.54) is 0 Å². The molecule has 130 valence electrons. The van der Waals surface area contributed by atoms with Crippen molar-refractivity contribution >= 4 is 30.0 Å². The molecule has 0 aliphatic rings. The zero-order valence-corrected chi connectivity index (χ0v) is 14.7. The van der Waals surface area contributed by atoms with Gasteiger partial charge in [0.05, 0.1) is 11.5 Å². The summed E-state index contributed by atoms with van der Waals surface area (Å²) >= 11 is 0. The van der Waals surface area contributed by atoms with Gasteiger partial charge in [0.25, 0.3) is 0 Å². The number of hydrogen-bond acceptors (Lipinski definition) is 3. The number of urea groups is 1. The number of nitrogens with one attached hydrogen (secondary N) is 2. The molecule has 0 saturated heterocycles. The Hall–Kier alpha value is -1.79. The van der Waals surface area contributed by atoms with E-state index in [-0.39, 0.29) is 24.4 Å². The molecule has 0 radical (unpaired) electrons. The van der Waals surface area contributed by atoms with Crippen LogP contribution in [-0.4, -0.2) is 18.5 Å². The highest BCUT2D eigenvalue weighted by Gasteiger charge is 2.33. The fourth-order valence-corrected chi connectivity index (χ4v) is 2.38. The standard InChI is InChI=1S/C16H26N4O2.ClH/c1-4-16(5-2,10-17)14(21)19-11(3)12-6-8-13(9-7-12)20-15(18)22;/h6-9,11H,4-5,10,17H2,1-3H3,(H,19,21)(H3,18,20,22);1H. The molecule has 1 rings (SSSR count). The largest absolute Gasteiger partial charge is 0.351 e. The highest BCUT2D eigenvalue weighted by atomic mass is 35.5. The predicted molar refractivity (Wildman–Crippen MR) is 95.5 cm³/mol. The van der Waals surface area contributed by atoms with Gasteiger partial charge < -0.3 is 22.1 Å². The van der Waals surface area contributed by atoms with Crippen molar-refractivity contribution in [3.8, 4) is 0 Å². The molecule has 1 aromatic carbocycles. The first-order valence-electron chi connectivity index (χ1n) is 7.56. The maximum absolute atomic E-state index is 12.5. The van der Waals surface area contributed by atoms with Gasteiger partial charge in [-0.05, 0) is 37.5 Å². The normalized spacial score (nSPS) is 12.0. The number of rotatable bonds is 7. The monoisotopic (exact) mass is 342 g/mol. The van der Waals surface area contributed by atoms with Crippen LogP contribution >= 0.6 is 12.4 Å². The van der Waals surface area contributed by atoms with Gasteiger partial charge in [0.1, 0.15) is 0 Å². The van der Waals surface area contributed by atoms with E-state index in [0.717, 1.165) is 5.56 Å². The maximum Gasteiger partial charge on any atom is 0.316 e. The molecule has 0 saturated carbocycles. The van der Waals surface area contributed by atoms with Crippen molar-refractivity contribution in [1.82, 2.24) is 5.32 Å². The first-order valence-corrected chi connectivity index (χ1v) is 7.56. The molecule has 0 bridgehead atoms. The predicted octanol–water partition coefficient (Wildman–Crippen LogP) is 2.54.